The van der Waals surface area contributed by atoms with Crippen molar-refractivity contribution in [2.45, 2.75) is 0 Å². The van der Waals surface area contributed by atoms with Crippen LogP contribution in [0.25, 0.3) is 0 Å². The predicted octanol–water partition coefficient (Wildman–Crippen LogP) is -0.0125. The summed E-state index contributed by atoms with van der Waals surface area (Å²) in [6.45, 7) is 0. The van der Waals surface area contributed by atoms with Crippen molar-refractivity contribution in [3.05, 3.63) is 0 Å². The van der Waals surface area contributed by atoms with Gasteiger partial charge >= 0.3 is 0 Å². The summed E-state index contributed by atoms with van der Waals surface area (Å²) in [7, 11) is 0. The molecule has 0 atom stereocenters. The van der Waals surface area contributed by atoms with Crippen molar-refractivity contribution < 1.29 is 138 Å². The quantitative estimate of drug-likeness (QED) is 0.300. The van der Waals surface area contributed by atoms with Gasteiger partial charge in [0.1, 0.15) is 0 Å². The van der Waals surface area contributed by atoms with Crippen LogP contribution in [0.4, 0.5) is 0 Å². The molecular weight excluding hydrogens is 1000 g/mol. The molecule has 0 amide bonds. The van der Waals surface area contributed by atoms with Gasteiger partial charge in [-0.25, -0.2) is 0 Å². The van der Waals surface area contributed by atoms with Crippen molar-refractivity contribution in [3.63, 3.8) is 0 Å². The normalized spacial score (nSPS) is 0. The third kappa shape index (κ3) is 17.7. The van der Waals surface area contributed by atoms with Crippen molar-refractivity contribution in [1.29, 1.82) is 0 Å². The summed E-state index contributed by atoms with van der Waals surface area (Å²) in [6.07, 6.45) is 0. The first kappa shape index (κ1) is 33.3. The average Bonchev–Trinajstić information content (AvgIpc) is 0. The van der Waals surface area contributed by atoms with Gasteiger partial charge in [0.25, 0.3) is 0 Å². The fraction of sp³-hybridized carbons (Fsp3) is 0. The minimum absolute atomic E-state index is 0. The summed E-state index contributed by atoms with van der Waals surface area (Å²) in [4.78, 5) is 0. The van der Waals surface area contributed by atoms with Gasteiger partial charge < -0.3 is 0 Å². The molecule has 0 aromatic rings. The summed E-state index contributed by atoms with van der Waals surface area (Å²) in [5, 5.41) is 0. The molecule has 0 aliphatic heterocycles. The summed E-state index contributed by atoms with van der Waals surface area (Å²) >= 11 is 0. The minimum atomic E-state index is 0. The SMILES string of the molecule is [Hg].[Hg].[Hg].[Hg].[Hg]. The summed E-state index contributed by atoms with van der Waals surface area (Å²) in [5.41, 5.74) is 0. The first-order valence-corrected chi connectivity index (χ1v) is 0. The van der Waals surface area contributed by atoms with E-state index in [2.05, 4.69) is 0 Å². The van der Waals surface area contributed by atoms with Crippen molar-refractivity contribution in [2.24, 2.45) is 0 Å². The summed E-state index contributed by atoms with van der Waals surface area (Å²) < 4.78 is 0. The molecule has 0 bridgehead atoms. The molecule has 0 saturated heterocycles. The maximum Gasteiger partial charge on any atom is 0 e. The zero-order valence-corrected chi connectivity index (χ0v) is 31.0. The van der Waals surface area contributed by atoms with Gasteiger partial charge in [-0.1, -0.05) is 0 Å². The van der Waals surface area contributed by atoms with E-state index in [9.17, 15) is 0 Å². The zero-order chi connectivity index (χ0) is 0. The van der Waals surface area contributed by atoms with Crippen LogP contribution in [0.1, 0.15) is 0 Å². The Labute approximate surface area is 135 Å². The van der Waals surface area contributed by atoms with E-state index in [4.69, 9.17) is 0 Å². The Bertz CT molecular complexity index is 0. The van der Waals surface area contributed by atoms with E-state index in [-0.39, 0.29) is 138 Å². The first-order chi connectivity index (χ1) is 0. The van der Waals surface area contributed by atoms with Crippen LogP contribution < -0.4 is 0 Å². The molecule has 0 spiro atoms. The van der Waals surface area contributed by atoms with E-state index in [1.54, 1.807) is 0 Å². The molecule has 0 aromatic heterocycles. The van der Waals surface area contributed by atoms with Crippen molar-refractivity contribution in [1.82, 2.24) is 0 Å². The molecule has 0 aliphatic carbocycles. The largest absolute Gasteiger partial charge is 0 e. The van der Waals surface area contributed by atoms with Crippen LogP contribution in [0.15, 0.2) is 0 Å². The third-order valence-corrected chi connectivity index (χ3v) is 0. The van der Waals surface area contributed by atoms with Gasteiger partial charge in [0.15, 0.2) is 0 Å². The van der Waals surface area contributed by atoms with Gasteiger partial charge in [0, 0.05) is 138 Å². The fourth-order valence-electron chi connectivity index (χ4n) is 0. The molecule has 0 heterocycles. The van der Waals surface area contributed by atoms with Gasteiger partial charge in [0.05, 0.1) is 0 Å². The molecule has 0 unspecified atom stereocenters. The van der Waals surface area contributed by atoms with Gasteiger partial charge in [-0.05, 0) is 0 Å². The summed E-state index contributed by atoms with van der Waals surface area (Å²) in [6, 6.07) is 0. The van der Waals surface area contributed by atoms with Crippen molar-refractivity contribution >= 4 is 0 Å². The predicted molar refractivity (Wildman–Crippen MR) is 0 cm³/mol. The van der Waals surface area contributed by atoms with Crippen LogP contribution in [-0.2, 0) is 138 Å². The van der Waals surface area contributed by atoms with E-state index >= 15 is 0 Å². The molecule has 0 saturated carbocycles. The summed E-state index contributed by atoms with van der Waals surface area (Å²) in [5.74, 6) is 0. The minimum Gasteiger partial charge on any atom is 0 e. The van der Waals surface area contributed by atoms with Gasteiger partial charge in [-0.3, -0.25) is 0 Å². The number of hydrogen-bond donors (Lipinski definition) is 0. The van der Waals surface area contributed by atoms with E-state index in [0.29, 0.717) is 0 Å². The monoisotopic (exact) mass is 1010 g/mol. The maximum absolute atomic E-state index is 0. The maximum atomic E-state index is 0. The Morgan fingerprint density at radius 3 is 0.200 bits per heavy atom. The molecule has 5 heteroatoms. The Morgan fingerprint density at radius 2 is 0.200 bits per heavy atom. The molecule has 0 aliphatic rings. The number of hydrogen-bond acceptors (Lipinski definition) is 0. The van der Waals surface area contributed by atoms with Crippen molar-refractivity contribution in [3.8, 4) is 0 Å². The Kier molecular flexibility index (Phi) is 156. The Balaban J connectivity index is 0. The average molecular weight is 1000 g/mol. The van der Waals surface area contributed by atoms with E-state index in [1.165, 1.54) is 0 Å². The van der Waals surface area contributed by atoms with Crippen LogP contribution in [0.2, 0.25) is 0 Å². The third-order valence-electron chi connectivity index (χ3n) is 0. The standard InChI is InChI=1S/5Hg. The molecular formula is Hg5. The topological polar surface area (TPSA) is 0 Å². The Morgan fingerprint density at radius 1 is 0.200 bits per heavy atom. The molecule has 5 heavy (non-hydrogen) atoms. The van der Waals surface area contributed by atoms with Crippen LogP contribution in [-0.4, -0.2) is 0 Å². The van der Waals surface area contributed by atoms with E-state index in [1.807, 2.05) is 0 Å². The molecule has 0 radical (unpaired) electrons. The van der Waals surface area contributed by atoms with Crippen LogP contribution in [0, 0.1) is 0 Å². The second kappa shape index (κ2) is 23.4. The van der Waals surface area contributed by atoms with E-state index in [0.717, 1.165) is 0 Å². The molecule has 0 N–H and O–H groups in total. The molecule has 0 aromatic carbocycles. The molecule has 0 nitrogen and oxygen atoms in total. The second-order valence-electron chi connectivity index (χ2n) is 0. The van der Waals surface area contributed by atoms with Gasteiger partial charge in [-0.2, -0.15) is 0 Å². The van der Waals surface area contributed by atoms with Gasteiger partial charge in [0.2, 0.25) is 0 Å². The van der Waals surface area contributed by atoms with Crippen LogP contribution in [0.5, 0.6) is 0 Å². The smallest absolute Gasteiger partial charge is 0 e. The zero-order valence-electron chi connectivity index (χ0n) is 3.54. The van der Waals surface area contributed by atoms with Gasteiger partial charge in [-0.15, -0.1) is 0 Å². The number of rotatable bonds is 0. The first-order valence-electron chi connectivity index (χ1n) is 0. The van der Waals surface area contributed by atoms with E-state index < -0.39 is 0 Å². The molecule has 0 rings (SSSR count). The molecule has 10 valence electrons. The fourth-order valence-corrected chi connectivity index (χ4v) is 0. The second-order valence-corrected chi connectivity index (χ2v) is 0. The Hall–Kier alpha value is 4.68. The molecule has 0 fully saturated rings. The van der Waals surface area contributed by atoms with Crippen molar-refractivity contribution in [2.75, 3.05) is 0 Å². The van der Waals surface area contributed by atoms with Crippen LogP contribution >= 0.6 is 0 Å². The van der Waals surface area contributed by atoms with Crippen LogP contribution in [0.3, 0.4) is 0 Å².